The Kier molecular flexibility index (Phi) is 3.55. The lowest BCUT2D eigenvalue weighted by atomic mass is 10.2. The lowest BCUT2D eigenvalue weighted by Crippen LogP contribution is -2.09. The number of rotatable bonds is 1. The van der Waals surface area contributed by atoms with Crippen molar-refractivity contribution in [2.24, 2.45) is 5.73 Å². The molecule has 0 aliphatic carbocycles. The Morgan fingerprint density at radius 3 is 2.27 bits per heavy atom. The monoisotopic (exact) mass is 191 g/mol. The van der Waals surface area contributed by atoms with Gasteiger partial charge in [-0.15, -0.1) is 23.7 Å². The van der Waals surface area contributed by atoms with Crippen LogP contribution in [0.15, 0.2) is 5.38 Å². The van der Waals surface area contributed by atoms with Gasteiger partial charge in [0.2, 0.25) is 0 Å². The number of hydrogen-bond acceptors (Lipinski definition) is 2. The van der Waals surface area contributed by atoms with Gasteiger partial charge in [0.05, 0.1) is 4.88 Å². The lowest BCUT2D eigenvalue weighted by molar-refractivity contribution is 0.100. The van der Waals surface area contributed by atoms with E-state index in [2.05, 4.69) is 0 Å². The third-order valence-electron chi connectivity index (χ3n) is 1.51. The van der Waals surface area contributed by atoms with Crippen LogP contribution in [-0.2, 0) is 0 Å². The SMILES string of the molecule is Cc1csc(C(N)=O)c1C.Cl. The van der Waals surface area contributed by atoms with E-state index >= 15 is 0 Å². The van der Waals surface area contributed by atoms with Crippen LogP contribution >= 0.6 is 23.7 Å². The number of carbonyl (C=O) groups is 1. The number of thiophene rings is 1. The fourth-order valence-corrected chi connectivity index (χ4v) is 1.67. The van der Waals surface area contributed by atoms with E-state index in [4.69, 9.17) is 5.73 Å². The smallest absolute Gasteiger partial charge is 0.259 e. The molecule has 62 valence electrons. The molecule has 1 rings (SSSR count). The molecule has 1 aromatic rings. The molecule has 1 heterocycles. The standard InChI is InChI=1S/C7H9NOS.ClH/c1-4-3-10-6(5(4)2)7(8)9;/h3H,1-2H3,(H2,8,9);1H. The number of aryl methyl sites for hydroxylation is 1. The molecule has 0 saturated carbocycles. The van der Waals surface area contributed by atoms with Crippen molar-refractivity contribution in [2.75, 3.05) is 0 Å². The minimum atomic E-state index is -0.324. The molecule has 0 atom stereocenters. The summed E-state index contributed by atoms with van der Waals surface area (Å²) in [4.78, 5) is 11.3. The molecule has 0 radical (unpaired) electrons. The van der Waals surface area contributed by atoms with Gasteiger partial charge in [-0.25, -0.2) is 0 Å². The van der Waals surface area contributed by atoms with Crippen molar-refractivity contribution in [1.29, 1.82) is 0 Å². The van der Waals surface area contributed by atoms with E-state index < -0.39 is 0 Å². The maximum absolute atomic E-state index is 10.7. The van der Waals surface area contributed by atoms with Crippen LogP contribution in [0.5, 0.6) is 0 Å². The van der Waals surface area contributed by atoms with E-state index in [1.807, 2.05) is 19.2 Å². The Morgan fingerprint density at radius 2 is 2.09 bits per heavy atom. The number of primary amides is 1. The van der Waals surface area contributed by atoms with Gasteiger partial charge in [0, 0.05) is 0 Å². The molecule has 4 heteroatoms. The van der Waals surface area contributed by atoms with E-state index in [9.17, 15) is 4.79 Å². The summed E-state index contributed by atoms with van der Waals surface area (Å²) in [6.45, 7) is 3.88. The molecule has 0 fully saturated rings. The first-order valence-corrected chi connectivity index (χ1v) is 3.85. The van der Waals surface area contributed by atoms with Gasteiger partial charge in [-0.05, 0) is 30.4 Å². The number of carbonyl (C=O) groups excluding carboxylic acids is 1. The highest BCUT2D eigenvalue weighted by Crippen LogP contribution is 2.19. The molecule has 0 aliphatic rings. The predicted octanol–water partition coefficient (Wildman–Crippen LogP) is 1.89. The van der Waals surface area contributed by atoms with Crippen LogP contribution in [0.4, 0.5) is 0 Å². The van der Waals surface area contributed by atoms with E-state index in [-0.39, 0.29) is 18.3 Å². The van der Waals surface area contributed by atoms with Crippen LogP contribution in [0, 0.1) is 13.8 Å². The Balaban J connectivity index is 0.000001000. The first kappa shape index (κ1) is 10.5. The molecule has 0 aromatic carbocycles. The van der Waals surface area contributed by atoms with Crippen LogP contribution in [-0.4, -0.2) is 5.91 Å². The van der Waals surface area contributed by atoms with Gasteiger partial charge >= 0.3 is 0 Å². The number of amides is 1. The molecule has 1 aromatic heterocycles. The Bertz CT molecular complexity index is 269. The van der Waals surface area contributed by atoms with Crippen molar-refractivity contribution >= 4 is 29.7 Å². The van der Waals surface area contributed by atoms with E-state index in [1.165, 1.54) is 11.3 Å². The topological polar surface area (TPSA) is 43.1 Å². The second-order valence-corrected chi connectivity index (χ2v) is 3.12. The first-order chi connectivity index (χ1) is 4.63. The zero-order chi connectivity index (χ0) is 7.72. The highest BCUT2D eigenvalue weighted by Gasteiger charge is 2.07. The van der Waals surface area contributed by atoms with Gasteiger partial charge in [0.25, 0.3) is 5.91 Å². The van der Waals surface area contributed by atoms with Gasteiger partial charge < -0.3 is 5.73 Å². The lowest BCUT2D eigenvalue weighted by Gasteiger charge is -1.91. The van der Waals surface area contributed by atoms with Gasteiger partial charge in [0.15, 0.2) is 0 Å². The molecule has 11 heavy (non-hydrogen) atoms. The van der Waals surface area contributed by atoms with Crippen LogP contribution < -0.4 is 5.73 Å². The number of nitrogens with two attached hydrogens (primary N) is 1. The van der Waals surface area contributed by atoms with E-state index in [0.717, 1.165) is 11.1 Å². The zero-order valence-electron chi connectivity index (χ0n) is 6.38. The van der Waals surface area contributed by atoms with Crippen LogP contribution in [0.3, 0.4) is 0 Å². The van der Waals surface area contributed by atoms with Crippen molar-refractivity contribution in [2.45, 2.75) is 13.8 Å². The minimum Gasteiger partial charge on any atom is -0.365 e. The fourth-order valence-electron chi connectivity index (χ4n) is 0.746. The highest BCUT2D eigenvalue weighted by atomic mass is 35.5. The largest absolute Gasteiger partial charge is 0.365 e. The molecule has 1 amide bonds. The van der Waals surface area contributed by atoms with Gasteiger partial charge in [-0.3, -0.25) is 4.79 Å². The third-order valence-corrected chi connectivity index (χ3v) is 2.72. The van der Waals surface area contributed by atoms with E-state index in [1.54, 1.807) is 0 Å². The third kappa shape index (κ3) is 1.94. The molecule has 0 saturated heterocycles. The fraction of sp³-hybridized carbons (Fsp3) is 0.286. The average molecular weight is 192 g/mol. The molecular formula is C7H10ClNOS. The average Bonchev–Trinajstić information content (AvgIpc) is 2.14. The predicted molar refractivity (Wildman–Crippen MR) is 49.6 cm³/mol. The van der Waals surface area contributed by atoms with Gasteiger partial charge in [0.1, 0.15) is 0 Å². The normalized spacial score (nSPS) is 8.91. The summed E-state index contributed by atoms with van der Waals surface area (Å²) in [6.07, 6.45) is 0. The summed E-state index contributed by atoms with van der Waals surface area (Å²) < 4.78 is 0. The molecule has 0 spiro atoms. The Hall–Kier alpha value is -0.540. The molecule has 2 nitrogen and oxygen atoms in total. The quantitative estimate of drug-likeness (QED) is 0.724. The second-order valence-electron chi connectivity index (χ2n) is 2.24. The summed E-state index contributed by atoms with van der Waals surface area (Å²) in [5.41, 5.74) is 7.25. The van der Waals surface area contributed by atoms with E-state index in [0.29, 0.717) is 4.88 Å². The second kappa shape index (κ2) is 3.74. The zero-order valence-corrected chi connectivity index (χ0v) is 8.01. The highest BCUT2D eigenvalue weighted by molar-refractivity contribution is 7.12. The first-order valence-electron chi connectivity index (χ1n) is 2.97. The summed E-state index contributed by atoms with van der Waals surface area (Å²) >= 11 is 1.41. The Labute approximate surface area is 75.8 Å². The number of halogens is 1. The van der Waals surface area contributed by atoms with Crippen molar-refractivity contribution in [3.63, 3.8) is 0 Å². The maximum Gasteiger partial charge on any atom is 0.259 e. The minimum absolute atomic E-state index is 0. The van der Waals surface area contributed by atoms with Crippen molar-refractivity contribution in [3.8, 4) is 0 Å². The Morgan fingerprint density at radius 1 is 1.55 bits per heavy atom. The molecule has 2 N–H and O–H groups in total. The van der Waals surface area contributed by atoms with Crippen LogP contribution in [0.1, 0.15) is 20.8 Å². The van der Waals surface area contributed by atoms with Crippen molar-refractivity contribution in [3.05, 3.63) is 21.4 Å². The summed E-state index contributed by atoms with van der Waals surface area (Å²) in [6, 6.07) is 0. The molecule has 0 aliphatic heterocycles. The number of hydrogen-bond donors (Lipinski definition) is 1. The molecular weight excluding hydrogens is 182 g/mol. The molecule has 0 bridgehead atoms. The van der Waals surface area contributed by atoms with Gasteiger partial charge in [-0.1, -0.05) is 0 Å². The van der Waals surface area contributed by atoms with Crippen LogP contribution in [0.25, 0.3) is 0 Å². The summed E-state index contributed by atoms with van der Waals surface area (Å²) in [7, 11) is 0. The summed E-state index contributed by atoms with van der Waals surface area (Å²) in [5, 5.41) is 1.94. The summed E-state index contributed by atoms with van der Waals surface area (Å²) in [5.74, 6) is -0.324. The maximum atomic E-state index is 10.7. The van der Waals surface area contributed by atoms with Gasteiger partial charge in [-0.2, -0.15) is 0 Å². The molecule has 0 unspecified atom stereocenters. The van der Waals surface area contributed by atoms with Crippen molar-refractivity contribution in [1.82, 2.24) is 0 Å². The van der Waals surface area contributed by atoms with Crippen LogP contribution in [0.2, 0.25) is 0 Å². The van der Waals surface area contributed by atoms with Crippen molar-refractivity contribution < 1.29 is 4.79 Å².